The number of nitrogens with two attached hydrogens (primary N) is 1. The number of hydrogen-bond donors (Lipinski definition) is 2. The lowest BCUT2D eigenvalue weighted by Crippen LogP contribution is -2.19. The van der Waals surface area contributed by atoms with Gasteiger partial charge in [-0.2, -0.15) is 5.10 Å². The van der Waals surface area contributed by atoms with Gasteiger partial charge in [0.15, 0.2) is 6.61 Å². The minimum absolute atomic E-state index is 0.00263. The molecule has 0 radical (unpaired) electrons. The number of nitrogens with zero attached hydrogens (tertiary/aromatic N) is 2. The third-order valence-corrected chi connectivity index (χ3v) is 4.74. The summed E-state index contributed by atoms with van der Waals surface area (Å²) >= 11 is 1.55. The average molecular weight is 332 g/mol. The summed E-state index contributed by atoms with van der Waals surface area (Å²) in [6.07, 6.45) is 1.77. The van der Waals surface area contributed by atoms with E-state index in [4.69, 9.17) is 10.5 Å². The molecule has 0 saturated heterocycles. The largest absolute Gasteiger partial charge is 0.484 e. The molecule has 0 unspecified atom stereocenters. The van der Waals surface area contributed by atoms with Crippen LogP contribution in [-0.4, -0.2) is 34.0 Å². The van der Waals surface area contributed by atoms with Gasteiger partial charge in [-0.1, -0.05) is 12.1 Å². The van der Waals surface area contributed by atoms with Crippen molar-refractivity contribution in [2.75, 3.05) is 17.7 Å². The first-order chi connectivity index (χ1) is 11.0. The van der Waals surface area contributed by atoms with Crippen molar-refractivity contribution in [3.8, 4) is 5.75 Å². The first-order valence-electron chi connectivity index (χ1n) is 6.99. The number of carbonyl (C=O) groups excluding carboxylic acids is 2. The van der Waals surface area contributed by atoms with Crippen LogP contribution in [0.25, 0.3) is 0 Å². The van der Waals surface area contributed by atoms with E-state index in [2.05, 4.69) is 10.4 Å². The highest BCUT2D eigenvalue weighted by Gasteiger charge is 2.26. The van der Waals surface area contributed by atoms with E-state index >= 15 is 0 Å². The number of aromatic nitrogens is 2. The molecule has 1 aliphatic rings. The van der Waals surface area contributed by atoms with Crippen molar-refractivity contribution in [2.24, 2.45) is 12.8 Å². The Hall–Kier alpha value is -2.48. The Labute approximate surface area is 137 Å². The number of rotatable bonds is 4. The number of thioether (sulfide) groups is 1. The van der Waals surface area contributed by atoms with E-state index < -0.39 is 5.91 Å². The first kappa shape index (κ1) is 15.4. The predicted molar refractivity (Wildman–Crippen MR) is 87.3 cm³/mol. The van der Waals surface area contributed by atoms with Crippen LogP contribution in [0.3, 0.4) is 0 Å². The molecular weight excluding hydrogens is 316 g/mol. The number of fused-ring (bicyclic) bond motifs is 1. The van der Waals surface area contributed by atoms with Crippen molar-refractivity contribution in [1.82, 2.24) is 9.78 Å². The molecule has 120 valence electrons. The molecule has 2 amide bonds. The zero-order valence-corrected chi connectivity index (χ0v) is 13.3. The molecule has 0 aliphatic carbocycles. The van der Waals surface area contributed by atoms with Gasteiger partial charge >= 0.3 is 0 Å². The molecule has 3 rings (SSSR count). The van der Waals surface area contributed by atoms with Crippen LogP contribution < -0.4 is 15.8 Å². The third kappa shape index (κ3) is 3.31. The number of benzene rings is 1. The molecular formula is C15H16N4O3S. The molecule has 0 spiro atoms. The second-order valence-electron chi connectivity index (χ2n) is 5.14. The highest BCUT2D eigenvalue weighted by molar-refractivity contribution is 8.00. The van der Waals surface area contributed by atoms with Gasteiger partial charge in [0.1, 0.15) is 11.6 Å². The van der Waals surface area contributed by atoms with E-state index in [9.17, 15) is 9.59 Å². The Balaban J connectivity index is 1.86. The van der Waals surface area contributed by atoms with Gasteiger partial charge in [0.2, 0.25) is 5.91 Å². The van der Waals surface area contributed by atoms with Crippen LogP contribution in [0.2, 0.25) is 0 Å². The van der Waals surface area contributed by atoms with Gasteiger partial charge in [-0.25, -0.2) is 0 Å². The van der Waals surface area contributed by atoms with E-state index in [-0.39, 0.29) is 17.8 Å². The molecule has 0 bridgehead atoms. The molecule has 8 heteroatoms. The lowest BCUT2D eigenvalue weighted by Gasteiger charge is -2.14. The highest BCUT2D eigenvalue weighted by atomic mass is 32.2. The van der Waals surface area contributed by atoms with Gasteiger partial charge in [0.25, 0.3) is 5.91 Å². The molecule has 23 heavy (non-hydrogen) atoms. The predicted octanol–water partition coefficient (Wildman–Crippen LogP) is 1.06. The van der Waals surface area contributed by atoms with Gasteiger partial charge in [-0.05, 0) is 17.7 Å². The van der Waals surface area contributed by atoms with Crippen molar-refractivity contribution < 1.29 is 14.3 Å². The maximum absolute atomic E-state index is 11.8. The van der Waals surface area contributed by atoms with Gasteiger partial charge in [0.05, 0.1) is 17.2 Å². The number of nitrogens with one attached hydrogen (secondary N) is 1. The molecule has 7 nitrogen and oxygen atoms in total. The molecule has 0 saturated carbocycles. The lowest BCUT2D eigenvalue weighted by molar-refractivity contribution is -0.120. The molecule has 1 aromatic carbocycles. The number of carbonyl (C=O) groups is 2. The van der Waals surface area contributed by atoms with Gasteiger partial charge in [0, 0.05) is 12.6 Å². The molecule has 2 aromatic rings. The Bertz CT molecular complexity index is 742. The fraction of sp³-hybridized carbons (Fsp3) is 0.267. The Kier molecular flexibility index (Phi) is 4.24. The maximum Gasteiger partial charge on any atom is 0.255 e. The van der Waals surface area contributed by atoms with Crippen LogP contribution in [-0.2, 0) is 16.6 Å². The van der Waals surface area contributed by atoms with Crippen LogP contribution in [0.15, 0.2) is 30.5 Å². The summed E-state index contributed by atoms with van der Waals surface area (Å²) in [5, 5.41) is 7.11. The summed E-state index contributed by atoms with van der Waals surface area (Å²) in [5.74, 6) is 1.12. The monoisotopic (exact) mass is 332 g/mol. The fourth-order valence-corrected chi connectivity index (χ4v) is 3.48. The standard InChI is InChI=1S/C15H16N4O3S/c1-19-15-11(6-17-19)14(23-8-13(21)18-15)9-2-4-10(5-3-9)22-7-12(16)20/h2-6,14H,7-8H2,1H3,(H2,16,20)(H,18,21)/t14-/m1/s1. The van der Waals surface area contributed by atoms with Crippen LogP contribution in [0.5, 0.6) is 5.75 Å². The van der Waals surface area contributed by atoms with Crippen molar-refractivity contribution in [3.63, 3.8) is 0 Å². The molecule has 1 atom stereocenters. The summed E-state index contributed by atoms with van der Waals surface area (Å²) in [4.78, 5) is 22.6. The average Bonchev–Trinajstić information content (AvgIpc) is 2.79. The SMILES string of the molecule is Cn1ncc2c1NC(=O)CS[C@@H]2c1ccc(OCC(N)=O)cc1. The second kappa shape index (κ2) is 6.33. The number of primary amides is 1. The quantitative estimate of drug-likeness (QED) is 0.872. The van der Waals surface area contributed by atoms with E-state index in [1.165, 1.54) is 0 Å². The normalized spacial score (nSPS) is 17.1. The van der Waals surface area contributed by atoms with Gasteiger partial charge < -0.3 is 15.8 Å². The van der Waals surface area contributed by atoms with Crippen LogP contribution in [0, 0.1) is 0 Å². The van der Waals surface area contributed by atoms with E-state index in [0.29, 0.717) is 11.5 Å². The fourth-order valence-electron chi connectivity index (χ4n) is 2.39. The summed E-state index contributed by atoms with van der Waals surface area (Å²) in [5.41, 5.74) is 7.06. The lowest BCUT2D eigenvalue weighted by atomic mass is 10.1. The molecule has 3 N–H and O–H groups in total. The van der Waals surface area contributed by atoms with E-state index in [1.807, 2.05) is 12.1 Å². The highest BCUT2D eigenvalue weighted by Crippen LogP contribution is 2.41. The summed E-state index contributed by atoms with van der Waals surface area (Å²) in [6, 6.07) is 7.41. The number of amides is 2. The van der Waals surface area contributed by atoms with Crippen molar-refractivity contribution in [1.29, 1.82) is 0 Å². The summed E-state index contributed by atoms with van der Waals surface area (Å²) < 4.78 is 6.92. The minimum Gasteiger partial charge on any atom is -0.484 e. The number of anilines is 1. The van der Waals surface area contributed by atoms with Crippen molar-refractivity contribution >= 4 is 29.4 Å². The van der Waals surface area contributed by atoms with Crippen LogP contribution >= 0.6 is 11.8 Å². The van der Waals surface area contributed by atoms with Crippen molar-refractivity contribution in [2.45, 2.75) is 5.25 Å². The zero-order valence-electron chi connectivity index (χ0n) is 12.5. The van der Waals surface area contributed by atoms with Gasteiger partial charge in [-0.3, -0.25) is 14.3 Å². The minimum atomic E-state index is -0.516. The van der Waals surface area contributed by atoms with Crippen molar-refractivity contribution in [3.05, 3.63) is 41.6 Å². The number of ether oxygens (including phenoxy) is 1. The van der Waals surface area contributed by atoms with E-state index in [0.717, 1.165) is 16.9 Å². The van der Waals surface area contributed by atoms with Gasteiger partial charge in [-0.15, -0.1) is 11.8 Å². The topological polar surface area (TPSA) is 99.2 Å². The van der Waals surface area contributed by atoms with Crippen LogP contribution in [0.4, 0.5) is 5.82 Å². The smallest absolute Gasteiger partial charge is 0.255 e. The molecule has 2 heterocycles. The summed E-state index contributed by atoms with van der Waals surface area (Å²) in [7, 11) is 1.80. The first-order valence-corrected chi connectivity index (χ1v) is 8.04. The molecule has 0 fully saturated rings. The third-order valence-electron chi connectivity index (χ3n) is 3.45. The molecule has 1 aromatic heterocycles. The Morgan fingerprint density at radius 2 is 2.22 bits per heavy atom. The Morgan fingerprint density at radius 3 is 2.91 bits per heavy atom. The van der Waals surface area contributed by atoms with E-state index in [1.54, 1.807) is 41.8 Å². The second-order valence-corrected chi connectivity index (χ2v) is 6.23. The molecule has 1 aliphatic heterocycles. The Morgan fingerprint density at radius 1 is 1.48 bits per heavy atom. The number of aryl methyl sites for hydroxylation is 1. The summed E-state index contributed by atoms with van der Waals surface area (Å²) in [6.45, 7) is -0.150. The van der Waals surface area contributed by atoms with Crippen LogP contribution in [0.1, 0.15) is 16.4 Å². The maximum atomic E-state index is 11.8. The number of hydrogen-bond acceptors (Lipinski definition) is 5. The zero-order chi connectivity index (χ0) is 16.4.